The molecule has 17 nitrogen and oxygen atoms in total. The molecule has 0 aromatic heterocycles. The number of aliphatic hydroxyl groups is 1. The molecule has 102 heavy (non-hydrogen) atoms. The van der Waals surface area contributed by atoms with E-state index in [1.807, 2.05) is 12.2 Å². The van der Waals surface area contributed by atoms with E-state index in [0.717, 1.165) is 116 Å². The maximum Gasteiger partial charge on any atom is 0.472 e. The summed E-state index contributed by atoms with van der Waals surface area (Å²) in [6, 6.07) is 0. The molecule has 0 saturated carbocycles. The molecule has 0 heterocycles. The maximum absolute atomic E-state index is 13.1. The number of phosphoric ester groups is 2. The Morgan fingerprint density at radius 1 is 0.275 bits per heavy atom. The summed E-state index contributed by atoms with van der Waals surface area (Å²) in [6.45, 7) is 4.83. The molecule has 594 valence electrons. The van der Waals surface area contributed by atoms with Gasteiger partial charge in [-0.05, 0) is 96.3 Å². The van der Waals surface area contributed by atoms with Gasteiger partial charge < -0.3 is 33.8 Å². The van der Waals surface area contributed by atoms with Crippen LogP contribution in [0.5, 0.6) is 0 Å². The van der Waals surface area contributed by atoms with E-state index in [1.165, 1.54) is 173 Å². The minimum absolute atomic E-state index is 0.0698. The van der Waals surface area contributed by atoms with Crippen molar-refractivity contribution >= 4 is 39.5 Å². The number of allylic oxidation sites excluding steroid dienone is 12. The second kappa shape index (κ2) is 75.7. The quantitative estimate of drug-likeness (QED) is 0.0169. The SMILES string of the molecule is CCCCC/C=C\C/C=C\C/C=C\C/C=C\CCCC(=O)OC[C@H](COP(=O)(O)OC[C@H](O)COP(=O)(O)OC[C@@H](COC(=O)CCCCCCCCCCCCCCCCC)OC(=O)CCCCCCCCCCCCCCCCC)OC(=O)CCCCCCC/C=C\C/C=C\CCCCC. The van der Waals surface area contributed by atoms with E-state index in [0.29, 0.717) is 32.1 Å². The van der Waals surface area contributed by atoms with Crippen molar-refractivity contribution in [3.63, 3.8) is 0 Å². The van der Waals surface area contributed by atoms with Gasteiger partial charge >= 0.3 is 39.5 Å². The van der Waals surface area contributed by atoms with Crippen LogP contribution in [0.15, 0.2) is 72.9 Å². The molecule has 19 heteroatoms. The number of hydrogen-bond acceptors (Lipinski definition) is 15. The molecule has 5 atom stereocenters. The molecule has 0 radical (unpaired) electrons. The Hall–Kier alpha value is -3.50. The summed E-state index contributed by atoms with van der Waals surface area (Å²) in [6.07, 6.45) is 77.3. The zero-order valence-electron chi connectivity index (χ0n) is 65.0. The molecule has 0 aliphatic carbocycles. The van der Waals surface area contributed by atoms with Crippen LogP contribution in [0.1, 0.15) is 374 Å². The summed E-state index contributed by atoms with van der Waals surface area (Å²) in [5.41, 5.74) is 0. The Morgan fingerprint density at radius 2 is 0.490 bits per heavy atom. The van der Waals surface area contributed by atoms with E-state index in [1.54, 1.807) is 0 Å². The molecule has 0 aliphatic rings. The Balaban J connectivity index is 5.38. The number of carbonyl (C=O) groups is 4. The topological polar surface area (TPSA) is 237 Å². The molecule has 0 spiro atoms. The lowest BCUT2D eigenvalue weighted by atomic mass is 10.0. The smallest absolute Gasteiger partial charge is 0.462 e. The average Bonchev–Trinajstić information content (AvgIpc) is 0.923. The van der Waals surface area contributed by atoms with Crippen LogP contribution in [0.25, 0.3) is 0 Å². The molecule has 0 aromatic carbocycles. The fraction of sp³-hybridized carbons (Fsp3) is 0.807. The Bertz CT molecular complexity index is 2210. The van der Waals surface area contributed by atoms with Gasteiger partial charge in [-0.2, -0.15) is 0 Å². The predicted octanol–water partition coefficient (Wildman–Crippen LogP) is 24.0. The second-order valence-corrected chi connectivity index (χ2v) is 30.6. The molecule has 0 aliphatic heterocycles. The number of rotatable bonds is 78. The molecule has 0 rings (SSSR count). The van der Waals surface area contributed by atoms with Crippen molar-refractivity contribution in [3.05, 3.63) is 72.9 Å². The minimum atomic E-state index is -4.99. The zero-order valence-corrected chi connectivity index (χ0v) is 66.8. The van der Waals surface area contributed by atoms with E-state index in [2.05, 4.69) is 88.5 Å². The Morgan fingerprint density at radius 3 is 0.794 bits per heavy atom. The van der Waals surface area contributed by atoms with Crippen LogP contribution in [0, 0.1) is 0 Å². The van der Waals surface area contributed by atoms with E-state index < -0.39 is 97.5 Å². The van der Waals surface area contributed by atoms with Gasteiger partial charge in [0.1, 0.15) is 19.3 Å². The molecule has 0 amide bonds. The van der Waals surface area contributed by atoms with Crippen LogP contribution < -0.4 is 0 Å². The van der Waals surface area contributed by atoms with Gasteiger partial charge in [0.05, 0.1) is 26.4 Å². The predicted molar refractivity (Wildman–Crippen MR) is 418 cm³/mol. The van der Waals surface area contributed by atoms with Gasteiger partial charge in [0.25, 0.3) is 0 Å². The number of aliphatic hydroxyl groups excluding tert-OH is 1. The van der Waals surface area contributed by atoms with Gasteiger partial charge in [-0.3, -0.25) is 37.3 Å². The van der Waals surface area contributed by atoms with Crippen LogP contribution in [-0.4, -0.2) is 96.7 Å². The largest absolute Gasteiger partial charge is 0.472 e. The van der Waals surface area contributed by atoms with Crippen molar-refractivity contribution < 1.29 is 80.2 Å². The average molecular weight is 1480 g/mol. The van der Waals surface area contributed by atoms with Crippen molar-refractivity contribution in [2.45, 2.75) is 393 Å². The van der Waals surface area contributed by atoms with Gasteiger partial charge in [0.2, 0.25) is 0 Å². The number of phosphoric acid groups is 2. The summed E-state index contributed by atoms with van der Waals surface area (Å²) >= 11 is 0. The third-order valence-corrected chi connectivity index (χ3v) is 19.6. The van der Waals surface area contributed by atoms with Gasteiger partial charge in [0.15, 0.2) is 12.2 Å². The van der Waals surface area contributed by atoms with Gasteiger partial charge in [-0.1, -0.05) is 325 Å². The van der Waals surface area contributed by atoms with Crippen LogP contribution in [0.3, 0.4) is 0 Å². The lowest BCUT2D eigenvalue weighted by Gasteiger charge is -2.21. The number of esters is 4. The van der Waals surface area contributed by atoms with Gasteiger partial charge in [-0.25, -0.2) is 9.13 Å². The van der Waals surface area contributed by atoms with E-state index in [4.69, 9.17) is 37.0 Å². The first kappa shape index (κ1) is 98.5. The van der Waals surface area contributed by atoms with Crippen molar-refractivity contribution in [2.75, 3.05) is 39.6 Å². The van der Waals surface area contributed by atoms with Crippen LogP contribution in [-0.2, 0) is 65.4 Å². The maximum atomic E-state index is 13.1. The lowest BCUT2D eigenvalue weighted by Crippen LogP contribution is -2.30. The first-order chi connectivity index (χ1) is 49.7. The third kappa shape index (κ3) is 74.8. The summed E-state index contributed by atoms with van der Waals surface area (Å²) in [7, 11) is -9.96. The van der Waals surface area contributed by atoms with Crippen molar-refractivity contribution in [2.24, 2.45) is 0 Å². The Labute approximate surface area is 622 Å². The Kier molecular flexibility index (Phi) is 73.1. The van der Waals surface area contributed by atoms with Gasteiger partial charge in [0, 0.05) is 25.7 Å². The normalized spacial score (nSPS) is 14.2. The molecule has 0 saturated heterocycles. The number of carbonyl (C=O) groups excluding carboxylic acids is 4. The molecule has 0 fully saturated rings. The molecule has 2 unspecified atom stereocenters. The molecular formula is C83H150O17P2. The summed E-state index contributed by atoms with van der Waals surface area (Å²) in [4.78, 5) is 73.0. The fourth-order valence-corrected chi connectivity index (χ4v) is 12.9. The summed E-state index contributed by atoms with van der Waals surface area (Å²) < 4.78 is 68.6. The van der Waals surface area contributed by atoms with Crippen molar-refractivity contribution in [3.8, 4) is 0 Å². The standard InChI is InChI=1S/C83H150O17P2/c1-5-9-13-17-21-25-29-33-37-38-42-44-48-52-56-60-64-68-81(86)94-74-79(100-83(88)70-66-62-58-54-50-46-41-36-32-28-24-20-16-12-8-4)76-98-102(91,92)96-72-77(84)71-95-101(89,90)97-75-78(99-82(87)69-65-61-57-53-49-45-40-35-31-27-23-19-15-11-7-3)73-93-80(85)67-63-59-55-51-47-43-39-34-30-26-22-18-14-10-6-2/h21,24-25,28,33,36-37,41-42,44,52,56,77-79,84H,5-20,22-23,26-27,29-32,34-35,38-40,43,45-51,53-55,57-76H2,1-4H3,(H,89,90)(H,91,92)/b25-21-,28-24-,37-33-,41-36-,44-42-,56-52-/t77-,78-,79-/m1/s1. The first-order valence-electron chi connectivity index (χ1n) is 41.2. The van der Waals surface area contributed by atoms with Crippen LogP contribution in [0.2, 0.25) is 0 Å². The lowest BCUT2D eigenvalue weighted by molar-refractivity contribution is -0.161. The second-order valence-electron chi connectivity index (χ2n) is 27.7. The van der Waals surface area contributed by atoms with Crippen molar-refractivity contribution in [1.82, 2.24) is 0 Å². The minimum Gasteiger partial charge on any atom is -0.462 e. The highest BCUT2D eigenvalue weighted by molar-refractivity contribution is 7.47. The fourth-order valence-electron chi connectivity index (χ4n) is 11.4. The van der Waals surface area contributed by atoms with Crippen LogP contribution >= 0.6 is 15.6 Å². The number of ether oxygens (including phenoxy) is 4. The van der Waals surface area contributed by atoms with Gasteiger partial charge in [-0.15, -0.1) is 0 Å². The summed E-state index contributed by atoms with van der Waals surface area (Å²) in [5.74, 6) is -2.22. The van der Waals surface area contributed by atoms with E-state index in [-0.39, 0.29) is 25.7 Å². The monoisotopic (exact) mass is 1480 g/mol. The highest BCUT2D eigenvalue weighted by Crippen LogP contribution is 2.45. The zero-order chi connectivity index (χ0) is 74.6. The third-order valence-electron chi connectivity index (χ3n) is 17.7. The van der Waals surface area contributed by atoms with E-state index in [9.17, 15) is 43.2 Å². The van der Waals surface area contributed by atoms with Crippen molar-refractivity contribution in [1.29, 1.82) is 0 Å². The van der Waals surface area contributed by atoms with Crippen LogP contribution in [0.4, 0.5) is 0 Å². The highest BCUT2D eigenvalue weighted by atomic mass is 31.2. The highest BCUT2D eigenvalue weighted by Gasteiger charge is 2.30. The molecular weight excluding hydrogens is 1330 g/mol. The summed E-state index contributed by atoms with van der Waals surface area (Å²) in [5, 5.41) is 10.6. The number of unbranched alkanes of at least 4 members (excludes halogenated alkanes) is 40. The van der Waals surface area contributed by atoms with E-state index >= 15 is 0 Å². The molecule has 0 bridgehead atoms. The molecule has 0 aromatic rings. The molecule has 3 N–H and O–H groups in total. The first-order valence-corrected chi connectivity index (χ1v) is 44.2. The number of hydrogen-bond donors (Lipinski definition) is 3.